The van der Waals surface area contributed by atoms with Crippen LogP contribution in [0.4, 0.5) is 9.59 Å². The van der Waals surface area contributed by atoms with Gasteiger partial charge in [0.2, 0.25) is 0 Å². The van der Waals surface area contributed by atoms with Gasteiger partial charge in [-0.25, -0.2) is 19.2 Å². The highest BCUT2D eigenvalue weighted by Gasteiger charge is 2.29. The maximum absolute atomic E-state index is 12.8. The molecular weight excluding hydrogens is 540 g/mol. The van der Waals surface area contributed by atoms with Crippen LogP contribution in [-0.4, -0.2) is 49.4 Å². The second-order valence-electron chi connectivity index (χ2n) is 10.5. The van der Waals surface area contributed by atoms with E-state index < -0.39 is 36.2 Å². The van der Waals surface area contributed by atoms with Crippen molar-refractivity contribution in [2.24, 2.45) is 17.8 Å². The zero-order valence-electron chi connectivity index (χ0n) is 24.7. The minimum atomic E-state index is -0.934. The lowest BCUT2D eigenvalue weighted by atomic mass is 10.0. The van der Waals surface area contributed by atoms with Crippen LogP contribution in [0, 0.1) is 17.8 Å². The number of alkyl carbamates (subject to hydrolysis) is 2. The largest absolute Gasteiger partial charge is 0.464 e. The van der Waals surface area contributed by atoms with E-state index in [2.05, 4.69) is 17.2 Å². The lowest BCUT2D eigenvalue weighted by molar-refractivity contribution is -0.152. The van der Waals surface area contributed by atoms with E-state index in [-0.39, 0.29) is 44.2 Å². The summed E-state index contributed by atoms with van der Waals surface area (Å²) in [5.74, 6) is -2.19. The summed E-state index contributed by atoms with van der Waals surface area (Å²) in [5.41, 5.74) is 1.63. The van der Waals surface area contributed by atoms with Gasteiger partial charge in [-0.2, -0.15) is 0 Å². The van der Waals surface area contributed by atoms with Crippen LogP contribution in [0.2, 0.25) is 0 Å². The first-order valence-corrected chi connectivity index (χ1v) is 14.0. The zero-order valence-corrected chi connectivity index (χ0v) is 24.7. The second kappa shape index (κ2) is 18.2. The van der Waals surface area contributed by atoms with Crippen LogP contribution in [0.5, 0.6) is 0 Å². The Hall–Kier alpha value is -4.34. The molecule has 0 bridgehead atoms. The molecule has 0 saturated carbocycles. The Bertz CT molecular complexity index is 1050. The van der Waals surface area contributed by atoms with Gasteiger partial charge in [0.25, 0.3) is 0 Å². The van der Waals surface area contributed by atoms with Crippen molar-refractivity contribution in [1.29, 1.82) is 0 Å². The van der Waals surface area contributed by atoms with Gasteiger partial charge in [0.1, 0.15) is 25.3 Å². The fourth-order valence-corrected chi connectivity index (χ4v) is 3.78. The van der Waals surface area contributed by atoms with E-state index >= 15 is 0 Å². The number of ether oxygens (including phenoxy) is 4. The standard InChI is InChI=1S/C32H42N2O8/c1-6-13-26(20-39-29(35)27(22(2)3)33-31(37)41-18-24-14-9-7-10-15-24)21-40-30(36)28(23(4)5)34-32(38)42-19-25-16-11-8-12-17-25/h6-12,14-17,22-23,26-28H,1,13,18-21H2,2-5H3,(H,33,37)(H,34,38)/t27-,28-/m0/s1. The highest BCUT2D eigenvalue weighted by Crippen LogP contribution is 2.12. The first-order chi connectivity index (χ1) is 20.1. The Morgan fingerprint density at radius 1 is 0.667 bits per heavy atom. The third-order valence-electron chi connectivity index (χ3n) is 6.24. The molecule has 0 spiro atoms. The number of nitrogens with one attached hydrogen (secondary N) is 2. The van der Waals surface area contributed by atoms with Crippen LogP contribution in [0.25, 0.3) is 0 Å². The number of amides is 2. The molecule has 0 saturated heterocycles. The van der Waals surface area contributed by atoms with Crippen molar-refractivity contribution in [3.63, 3.8) is 0 Å². The Labute approximate surface area is 247 Å². The van der Waals surface area contributed by atoms with E-state index in [1.54, 1.807) is 33.8 Å². The van der Waals surface area contributed by atoms with Gasteiger partial charge in [0, 0.05) is 5.92 Å². The van der Waals surface area contributed by atoms with Crippen molar-refractivity contribution in [2.75, 3.05) is 13.2 Å². The summed E-state index contributed by atoms with van der Waals surface area (Å²) in [6.07, 6.45) is 0.560. The quantitative estimate of drug-likeness (QED) is 0.158. The van der Waals surface area contributed by atoms with Crippen LogP contribution in [0.15, 0.2) is 73.3 Å². The Kier molecular flexibility index (Phi) is 14.6. The predicted molar refractivity (Wildman–Crippen MR) is 157 cm³/mol. The Balaban J connectivity index is 1.85. The minimum absolute atomic E-state index is 0.0658. The number of hydrogen-bond acceptors (Lipinski definition) is 8. The van der Waals surface area contributed by atoms with Crippen molar-refractivity contribution in [1.82, 2.24) is 10.6 Å². The lowest BCUT2D eigenvalue weighted by Gasteiger charge is -2.24. The summed E-state index contributed by atoms with van der Waals surface area (Å²) in [6, 6.07) is 16.5. The fraction of sp³-hybridized carbons (Fsp3) is 0.438. The van der Waals surface area contributed by atoms with Crippen molar-refractivity contribution < 1.29 is 38.1 Å². The smallest absolute Gasteiger partial charge is 0.408 e. The van der Waals surface area contributed by atoms with E-state index in [0.29, 0.717) is 6.42 Å². The van der Waals surface area contributed by atoms with Crippen LogP contribution < -0.4 is 10.6 Å². The van der Waals surface area contributed by atoms with Crippen LogP contribution in [0.1, 0.15) is 45.2 Å². The number of hydrogen-bond donors (Lipinski definition) is 2. The van der Waals surface area contributed by atoms with E-state index in [9.17, 15) is 19.2 Å². The third kappa shape index (κ3) is 12.4. The molecule has 42 heavy (non-hydrogen) atoms. The van der Waals surface area contributed by atoms with Gasteiger partial charge in [-0.3, -0.25) is 0 Å². The summed E-state index contributed by atoms with van der Waals surface area (Å²) in [4.78, 5) is 50.3. The number of rotatable bonds is 16. The van der Waals surface area contributed by atoms with Crippen LogP contribution >= 0.6 is 0 Å². The van der Waals surface area contributed by atoms with E-state index in [0.717, 1.165) is 11.1 Å². The molecule has 0 heterocycles. The van der Waals surface area contributed by atoms with E-state index in [1.165, 1.54) is 0 Å². The van der Waals surface area contributed by atoms with Gasteiger partial charge in [0.15, 0.2) is 0 Å². The lowest BCUT2D eigenvalue weighted by Crippen LogP contribution is -2.46. The molecule has 0 unspecified atom stereocenters. The molecule has 2 atom stereocenters. The first-order valence-electron chi connectivity index (χ1n) is 14.0. The fourth-order valence-electron chi connectivity index (χ4n) is 3.78. The van der Waals surface area contributed by atoms with Crippen LogP contribution in [-0.2, 0) is 41.8 Å². The van der Waals surface area contributed by atoms with Gasteiger partial charge >= 0.3 is 24.1 Å². The van der Waals surface area contributed by atoms with E-state index in [1.807, 2.05) is 60.7 Å². The summed E-state index contributed by atoms with van der Waals surface area (Å²) in [6.45, 7) is 10.8. The number of carbonyl (C=O) groups excluding carboxylic acids is 4. The molecule has 2 amide bonds. The monoisotopic (exact) mass is 582 g/mol. The normalized spacial score (nSPS) is 12.3. The van der Waals surface area contributed by atoms with Crippen molar-refractivity contribution >= 4 is 24.1 Å². The number of carbonyl (C=O) groups is 4. The third-order valence-corrected chi connectivity index (χ3v) is 6.24. The van der Waals surface area contributed by atoms with Gasteiger partial charge in [-0.05, 0) is 29.4 Å². The molecule has 2 N–H and O–H groups in total. The number of esters is 2. The molecule has 0 aliphatic rings. The van der Waals surface area contributed by atoms with Gasteiger partial charge in [-0.1, -0.05) is 94.4 Å². The predicted octanol–water partition coefficient (Wildman–Crippen LogP) is 5.17. The summed E-state index contributed by atoms with van der Waals surface area (Å²) in [5, 5.41) is 5.13. The molecule has 2 aromatic carbocycles. The average Bonchev–Trinajstić information content (AvgIpc) is 2.98. The number of allylic oxidation sites excluding steroid dienone is 1. The minimum Gasteiger partial charge on any atom is -0.464 e. The molecule has 2 rings (SSSR count). The van der Waals surface area contributed by atoms with Crippen molar-refractivity contribution in [3.05, 3.63) is 84.4 Å². The van der Waals surface area contributed by atoms with Crippen LogP contribution in [0.3, 0.4) is 0 Å². The van der Waals surface area contributed by atoms with Gasteiger partial charge in [0.05, 0.1) is 13.2 Å². The molecule has 10 heteroatoms. The molecule has 0 aliphatic carbocycles. The molecule has 2 aromatic rings. The highest BCUT2D eigenvalue weighted by atomic mass is 16.6. The maximum atomic E-state index is 12.8. The van der Waals surface area contributed by atoms with Crippen molar-refractivity contribution in [3.8, 4) is 0 Å². The molecule has 228 valence electrons. The van der Waals surface area contributed by atoms with E-state index in [4.69, 9.17) is 18.9 Å². The SMILES string of the molecule is C=CCC(COC(=O)[C@@H](NC(=O)OCc1ccccc1)C(C)C)COC(=O)[C@@H](NC(=O)OCc1ccccc1)C(C)C. The molecule has 0 radical (unpaired) electrons. The summed E-state index contributed by atoms with van der Waals surface area (Å²) < 4.78 is 21.4. The van der Waals surface area contributed by atoms with Gasteiger partial charge < -0.3 is 29.6 Å². The summed E-state index contributed by atoms with van der Waals surface area (Å²) in [7, 11) is 0. The van der Waals surface area contributed by atoms with Gasteiger partial charge in [-0.15, -0.1) is 6.58 Å². The Morgan fingerprint density at radius 3 is 1.38 bits per heavy atom. The van der Waals surface area contributed by atoms with Crippen molar-refractivity contribution in [2.45, 2.75) is 59.4 Å². The molecule has 0 fully saturated rings. The summed E-state index contributed by atoms with van der Waals surface area (Å²) >= 11 is 0. The molecule has 10 nitrogen and oxygen atoms in total. The molecule has 0 aliphatic heterocycles. The zero-order chi connectivity index (χ0) is 30.9. The first kappa shape index (κ1) is 33.9. The molecular formula is C32H42N2O8. The topological polar surface area (TPSA) is 129 Å². The number of benzene rings is 2. The highest BCUT2D eigenvalue weighted by molar-refractivity contribution is 5.82. The molecule has 0 aromatic heterocycles. The second-order valence-corrected chi connectivity index (χ2v) is 10.5. The Morgan fingerprint density at radius 2 is 1.05 bits per heavy atom. The average molecular weight is 583 g/mol. The maximum Gasteiger partial charge on any atom is 0.408 e.